The second kappa shape index (κ2) is 15.6. The Labute approximate surface area is 282 Å². The predicted molar refractivity (Wildman–Crippen MR) is 186 cm³/mol. The molecule has 0 radical (unpaired) electrons. The predicted octanol–water partition coefficient (Wildman–Crippen LogP) is 7.36. The molecule has 0 saturated carbocycles. The number of sulfonamides is 1. The molecule has 0 fully saturated rings. The minimum absolute atomic E-state index is 0.00665. The lowest BCUT2D eigenvalue weighted by atomic mass is 10.0. The van der Waals surface area contributed by atoms with E-state index in [4.69, 9.17) is 23.2 Å². The Morgan fingerprint density at radius 1 is 0.804 bits per heavy atom. The van der Waals surface area contributed by atoms with Crippen molar-refractivity contribution in [3.63, 3.8) is 0 Å². The van der Waals surface area contributed by atoms with Gasteiger partial charge >= 0.3 is 0 Å². The third-order valence-electron chi connectivity index (χ3n) is 8.00. The first kappa shape index (κ1) is 35.0. The van der Waals surface area contributed by atoms with Gasteiger partial charge in [-0.2, -0.15) is 0 Å². The number of rotatable bonds is 13. The van der Waals surface area contributed by atoms with Crippen molar-refractivity contribution >= 4 is 50.7 Å². The Bertz CT molecular complexity index is 1770. The fourth-order valence-electron chi connectivity index (χ4n) is 4.96. The summed E-state index contributed by atoms with van der Waals surface area (Å²) >= 11 is 12.5. The van der Waals surface area contributed by atoms with Crippen molar-refractivity contribution in [2.24, 2.45) is 0 Å². The maximum absolute atomic E-state index is 14.6. The summed E-state index contributed by atoms with van der Waals surface area (Å²) in [6, 6.07) is 26.6. The highest BCUT2D eigenvalue weighted by Gasteiger charge is 2.35. The molecular weight excluding hydrogens is 641 g/mol. The molecule has 4 aromatic rings. The minimum Gasteiger partial charge on any atom is -0.352 e. The molecule has 0 spiro atoms. The van der Waals surface area contributed by atoms with E-state index in [-0.39, 0.29) is 29.8 Å². The molecule has 7 nitrogen and oxygen atoms in total. The SMILES string of the molecule is CC[C@@H](C)NC(=O)[C@@H](Cc1ccccc1)N(Cc1ccc(Cl)c(Cl)c1)C(=O)CN(c1ccc(C)c(C)c1)S(=O)(=O)c1ccccc1. The maximum atomic E-state index is 14.6. The van der Waals surface area contributed by atoms with Crippen LogP contribution in [0.25, 0.3) is 0 Å². The summed E-state index contributed by atoms with van der Waals surface area (Å²) in [5, 5.41) is 3.69. The first-order valence-electron chi connectivity index (χ1n) is 15.1. The second-order valence-corrected chi connectivity index (χ2v) is 14.1. The molecule has 1 N–H and O–H groups in total. The van der Waals surface area contributed by atoms with Gasteiger partial charge in [0.2, 0.25) is 11.8 Å². The maximum Gasteiger partial charge on any atom is 0.264 e. The summed E-state index contributed by atoms with van der Waals surface area (Å²) in [4.78, 5) is 30.0. The van der Waals surface area contributed by atoms with Gasteiger partial charge in [0.25, 0.3) is 10.0 Å². The molecule has 4 aromatic carbocycles. The first-order chi connectivity index (χ1) is 21.9. The number of anilines is 1. The molecule has 10 heteroatoms. The molecule has 2 atom stereocenters. The fourth-order valence-corrected chi connectivity index (χ4v) is 6.71. The first-order valence-corrected chi connectivity index (χ1v) is 17.3. The lowest BCUT2D eigenvalue weighted by Gasteiger charge is -2.34. The Balaban J connectivity index is 1.83. The highest BCUT2D eigenvalue weighted by atomic mass is 35.5. The quantitative estimate of drug-likeness (QED) is 0.160. The number of amides is 2. The van der Waals surface area contributed by atoms with Gasteiger partial charge in [0.15, 0.2) is 0 Å². The van der Waals surface area contributed by atoms with Gasteiger partial charge < -0.3 is 10.2 Å². The van der Waals surface area contributed by atoms with Gasteiger partial charge in [-0.3, -0.25) is 13.9 Å². The van der Waals surface area contributed by atoms with E-state index in [0.29, 0.717) is 27.7 Å². The van der Waals surface area contributed by atoms with Crippen molar-refractivity contribution in [3.05, 3.63) is 129 Å². The number of halogens is 2. The van der Waals surface area contributed by atoms with Gasteiger partial charge in [-0.05, 0) is 85.8 Å². The van der Waals surface area contributed by atoms with E-state index in [1.54, 1.807) is 48.5 Å². The van der Waals surface area contributed by atoms with Crippen LogP contribution in [0, 0.1) is 13.8 Å². The van der Waals surface area contributed by atoms with E-state index < -0.39 is 28.5 Å². The molecule has 46 heavy (non-hydrogen) atoms. The van der Waals surface area contributed by atoms with Crippen molar-refractivity contribution in [1.82, 2.24) is 10.2 Å². The Hall–Kier alpha value is -3.85. The molecule has 242 valence electrons. The van der Waals surface area contributed by atoms with Crippen LogP contribution in [0.1, 0.15) is 42.5 Å². The van der Waals surface area contributed by atoms with Gasteiger partial charge in [-0.15, -0.1) is 0 Å². The summed E-state index contributed by atoms with van der Waals surface area (Å²) in [6.45, 7) is 7.14. The van der Waals surface area contributed by atoms with Crippen LogP contribution in [-0.4, -0.2) is 43.8 Å². The summed E-state index contributed by atoms with van der Waals surface area (Å²) < 4.78 is 29.4. The zero-order valence-electron chi connectivity index (χ0n) is 26.4. The Kier molecular flexibility index (Phi) is 11.9. The van der Waals surface area contributed by atoms with Crippen LogP contribution in [0.2, 0.25) is 10.0 Å². The van der Waals surface area contributed by atoms with E-state index >= 15 is 0 Å². The van der Waals surface area contributed by atoms with Crippen LogP contribution in [-0.2, 0) is 32.6 Å². The highest BCUT2D eigenvalue weighted by molar-refractivity contribution is 7.92. The number of nitrogens with one attached hydrogen (secondary N) is 1. The number of hydrogen-bond acceptors (Lipinski definition) is 4. The number of benzene rings is 4. The van der Waals surface area contributed by atoms with Crippen LogP contribution in [0.5, 0.6) is 0 Å². The van der Waals surface area contributed by atoms with Gasteiger partial charge in [0, 0.05) is 19.0 Å². The lowest BCUT2D eigenvalue weighted by molar-refractivity contribution is -0.140. The molecule has 0 unspecified atom stereocenters. The van der Waals surface area contributed by atoms with Crippen molar-refractivity contribution in [1.29, 1.82) is 0 Å². The van der Waals surface area contributed by atoms with E-state index in [0.717, 1.165) is 21.0 Å². The minimum atomic E-state index is -4.18. The van der Waals surface area contributed by atoms with E-state index in [2.05, 4.69) is 5.32 Å². The van der Waals surface area contributed by atoms with Crippen LogP contribution in [0.15, 0.2) is 102 Å². The Morgan fingerprint density at radius 3 is 2.07 bits per heavy atom. The van der Waals surface area contributed by atoms with Gasteiger partial charge in [-0.1, -0.05) is 90.8 Å². The average molecular weight is 681 g/mol. The third-order valence-corrected chi connectivity index (χ3v) is 10.5. The number of hydrogen-bond donors (Lipinski definition) is 1. The summed E-state index contributed by atoms with van der Waals surface area (Å²) in [7, 11) is -4.18. The summed E-state index contributed by atoms with van der Waals surface area (Å²) in [6.07, 6.45) is 0.908. The third kappa shape index (κ3) is 8.69. The molecule has 0 saturated heterocycles. The lowest BCUT2D eigenvalue weighted by Crippen LogP contribution is -2.54. The van der Waals surface area contributed by atoms with Crippen molar-refractivity contribution in [2.75, 3.05) is 10.8 Å². The number of nitrogens with zero attached hydrogens (tertiary/aromatic N) is 2. The molecule has 0 heterocycles. The van der Waals surface area contributed by atoms with E-state index in [1.165, 1.54) is 17.0 Å². The van der Waals surface area contributed by atoms with Crippen LogP contribution < -0.4 is 9.62 Å². The van der Waals surface area contributed by atoms with Crippen LogP contribution in [0.4, 0.5) is 5.69 Å². The molecule has 0 aromatic heterocycles. The Morgan fingerprint density at radius 2 is 1.46 bits per heavy atom. The highest BCUT2D eigenvalue weighted by Crippen LogP contribution is 2.28. The van der Waals surface area contributed by atoms with Gasteiger partial charge in [-0.25, -0.2) is 8.42 Å². The number of carbonyl (C=O) groups excluding carboxylic acids is 2. The average Bonchev–Trinajstić information content (AvgIpc) is 3.05. The van der Waals surface area contributed by atoms with E-state index in [9.17, 15) is 18.0 Å². The van der Waals surface area contributed by atoms with Gasteiger partial charge in [0.05, 0.1) is 20.6 Å². The normalized spacial score (nSPS) is 12.7. The van der Waals surface area contributed by atoms with Gasteiger partial charge in [0.1, 0.15) is 12.6 Å². The van der Waals surface area contributed by atoms with E-state index in [1.807, 2.05) is 64.1 Å². The number of aryl methyl sites for hydroxylation is 2. The van der Waals surface area contributed by atoms with Crippen LogP contribution >= 0.6 is 23.2 Å². The zero-order valence-corrected chi connectivity index (χ0v) is 28.7. The van der Waals surface area contributed by atoms with Crippen LogP contribution in [0.3, 0.4) is 0 Å². The monoisotopic (exact) mass is 679 g/mol. The molecule has 0 aliphatic carbocycles. The molecule has 0 bridgehead atoms. The number of carbonyl (C=O) groups is 2. The molecule has 2 amide bonds. The largest absolute Gasteiger partial charge is 0.352 e. The molecular formula is C36H39Cl2N3O4S. The molecule has 0 aliphatic rings. The standard InChI is InChI=1S/C36H39Cl2N3O4S/c1-5-27(4)39-36(43)34(22-28-12-8-6-9-13-28)40(23-29-17-19-32(37)33(38)21-29)35(42)24-41(30-18-16-25(2)26(3)20-30)46(44,45)31-14-10-7-11-15-31/h6-21,27,34H,5,22-24H2,1-4H3,(H,39,43)/t27-,34-/m1/s1. The summed E-state index contributed by atoms with van der Waals surface area (Å²) in [5.41, 5.74) is 3.69. The fraction of sp³-hybridized carbons (Fsp3) is 0.278. The zero-order chi connectivity index (χ0) is 33.4. The van der Waals surface area contributed by atoms with Crippen molar-refractivity contribution < 1.29 is 18.0 Å². The topological polar surface area (TPSA) is 86.8 Å². The molecule has 0 aliphatic heterocycles. The summed E-state index contributed by atoms with van der Waals surface area (Å²) in [5.74, 6) is -0.890. The van der Waals surface area contributed by atoms with Crippen molar-refractivity contribution in [3.8, 4) is 0 Å². The smallest absolute Gasteiger partial charge is 0.264 e. The molecule has 4 rings (SSSR count). The second-order valence-electron chi connectivity index (χ2n) is 11.4. The van der Waals surface area contributed by atoms with Crippen molar-refractivity contribution in [2.45, 2.75) is 64.1 Å².